The molecule has 0 aliphatic carbocycles. The van der Waals surface area contributed by atoms with E-state index in [0.717, 1.165) is 24.1 Å². The zero-order chi connectivity index (χ0) is 12.8. The number of carbonyl (C=O) groups is 1. The van der Waals surface area contributed by atoms with E-state index in [0.29, 0.717) is 11.4 Å². The highest BCUT2D eigenvalue weighted by atomic mass is 35.5. The van der Waals surface area contributed by atoms with E-state index in [1.165, 1.54) is 0 Å². The predicted octanol–water partition coefficient (Wildman–Crippen LogP) is 3.70. The van der Waals surface area contributed by atoms with Crippen LogP contribution < -0.4 is 5.32 Å². The van der Waals surface area contributed by atoms with E-state index >= 15 is 0 Å². The normalized spacial score (nSPS) is 12.2. The second-order valence-corrected chi connectivity index (χ2v) is 4.57. The zero-order valence-electron chi connectivity index (χ0n) is 10.2. The first kappa shape index (κ1) is 13.8. The van der Waals surface area contributed by atoms with Gasteiger partial charge in [-0.3, -0.25) is 0 Å². The van der Waals surface area contributed by atoms with Crippen molar-refractivity contribution >= 4 is 23.3 Å². The van der Waals surface area contributed by atoms with Crippen LogP contribution in [-0.4, -0.2) is 17.1 Å². The molecule has 0 bridgehead atoms. The molecule has 0 amide bonds. The smallest absolute Gasteiger partial charge is 0.326 e. The number of nitrogens with one attached hydrogen (secondary N) is 1. The van der Waals surface area contributed by atoms with Gasteiger partial charge in [-0.25, -0.2) is 4.79 Å². The Morgan fingerprint density at radius 3 is 2.82 bits per heavy atom. The minimum Gasteiger partial charge on any atom is -0.480 e. The van der Waals surface area contributed by atoms with Gasteiger partial charge in [0.25, 0.3) is 0 Å². The summed E-state index contributed by atoms with van der Waals surface area (Å²) in [6.45, 7) is 3.97. The molecule has 0 saturated heterocycles. The van der Waals surface area contributed by atoms with Gasteiger partial charge in [-0.2, -0.15) is 0 Å². The van der Waals surface area contributed by atoms with E-state index in [4.69, 9.17) is 16.7 Å². The maximum atomic E-state index is 11.1. The first-order valence-electron chi connectivity index (χ1n) is 5.80. The van der Waals surface area contributed by atoms with E-state index in [1.807, 2.05) is 19.9 Å². The molecule has 0 aromatic heterocycles. The summed E-state index contributed by atoms with van der Waals surface area (Å²) in [6, 6.07) is 4.89. The Morgan fingerprint density at radius 2 is 2.24 bits per heavy atom. The van der Waals surface area contributed by atoms with Crippen LogP contribution in [0, 0.1) is 6.92 Å². The fraction of sp³-hybridized carbons (Fsp3) is 0.462. The molecule has 1 aromatic carbocycles. The van der Waals surface area contributed by atoms with Crippen LogP contribution in [0.15, 0.2) is 18.2 Å². The number of rotatable bonds is 6. The Labute approximate surface area is 107 Å². The number of hydrogen-bond donors (Lipinski definition) is 2. The van der Waals surface area contributed by atoms with Gasteiger partial charge in [-0.1, -0.05) is 37.4 Å². The van der Waals surface area contributed by atoms with E-state index in [-0.39, 0.29) is 0 Å². The molecule has 0 heterocycles. The zero-order valence-corrected chi connectivity index (χ0v) is 10.9. The summed E-state index contributed by atoms with van der Waals surface area (Å²) >= 11 is 5.90. The lowest BCUT2D eigenvalue weighted by atomic mass is 10.1. The largest absolute Gasteiger partial charge is 0.480 e. The topological polar surface area (TPSA) is 49.3 Å². The highest BCUT2D eigenvalue weighted by molar-refractivity contribution is 6.30. The lowest BCUT2D eigenvalue weighted by molar-refractivity contribution is -0.138. The van der Waals surface area contributed by atoms with Crippen molar-refractivity contribution < 1.29 is 9.90 Å². The van der Waals surface area contributed by atoms with Crippen molar-refractivity contribution in [1.82, 2.24) is 0 Å². The molecule has 1 atom stereocenters. The Kier molecular flexibility index (Phi) is 5.29. The minimum atomic E-state index is -0.821. The molecule has 2 N–H and O–H groups in total. The molecule has 0 saturated carbocycles. The van der Waals surface area contributed by atoms with Crippen LogP contribution in [0.25, 0.3) is 0 Å². The van der Waals surface area contributed by atoms with E-state index in [1.54, 1.807) is 12.1 Å². The number of aryl methyl sites for hydroxylation is 1. The maximum absolute atomic E-state index is 11.1. The second-order valence-electron chi connectivity index (χ2n) is 4.14. The second kappa shape index (κ2) is 6.50. The van der Waals surface area contributed by atoms with Gasteiger partial charge in [0, 0.05) is 10.7 Å². The number of anilines is 1. The molecule has 0 aliphatic rings. The summed E-state index contributed by atoms with van der Waals surface area (Å²) < 4.78 is 0. The van der Waals surface area contributed by atoms with Crippen molar-refractivity contribution in [3.05, 3.63) is 28.8 Å². The SMILES string of the molecule is CCCCC(Nc1cc(Cl)ccc1C)C(=O)O. The highest BCUT2D eigenvalue weighted by Crippen LogP contribution is 2.21. The van der Waals surface area contributed by atoms with E-state index in [9.17, 15) is 4.79 Å². The van der Waals surface area contributed by atoms with Gasteiger partial charge in [0.05, 0.1) is 0 Å². The Bertz CT molecular complexity index is 393. The number of benzene rings is 1. The highest BCUT2D eigenvalue weighted by Gasteiger charge is 2.17. The lowest BCUT2D eigenvalue weighted by Crippen LogP contribution is -2.29. The molecule has 0 radical (unpaired) electrons. The fourth-order valence-corrected chi connectivity index (χ4v) is 1.78. The van der Waals surface area contributed by atoms with E-state index < -0.39 is 12.0 Å². The third kappa shape index (κ3) is 4.27. The van der Waals surface area contributed by atoms with Crippen molar-refractivity contribution in [2.45, 2.75) is 39.2 Å². The summed E-state index contributed by atoms with van der Waals surface area (Å²) in [5.41, 5.74) is 1.79. The van der Waals surface area contributed by atoms with Crippen LogP contribution in [-0.2, 0) is 4.79 Å². The summed E-state index contributed by atoms with van der Waals surface area (Å²) in [7, 11) is 0. The maximum Gasteiger partial charge on any atom is 0.326 e. The number of hydrogen-bond acceptors (Lipinski definition) is 2. The molecule has 3 nitrogen and oxygen atoms in total. The average Bonchev–Trinajstić information content (AvgIpc) is 2.28. The lowest BCUT2D eigenvalue weighted by Gasteiger charge is -2.17. The van der Waals surface area contributed by atoms with Crippen LogP contribution in [0.3, 0.4) is 0 Å². The molecule has 1 unspecified atom stereocenters. The Morgan fingerprint density at radius 1 is 1.53 bits per heavy atom. The van der Waals surface area contributed by atoms with Crippen molar-refractivity contribution in [3.63, 3.8) is 0 Å². The number of unbranched alkanes of at least 4 members (excludes halogenated alkanes) is 1. The number of carboxylic acid groups (broad SMARTS) is 1. The third-order valence-electron chi connectivity index (χ3n) is 2.67. The third-order valence-corrected chi connectivity index (χ3v) is 2.91. The van der Waals surface area contributed by atoms with Gasteiger partial charge < -0.3 is 10.4 Å². The molecular weight excluding hydrogens is 238 g/mol. The molecule has 1 aromatic rings. The fourth-order valence-electron chi connectivity index (χ4n) is 1.60. The number of halogens is 1. The van der Waals surface area contributed by atoms with Crippen molar-refractivity contribution in [2.75, 3.05) is 5.32 Å². The molecule has 1 rings (SSSR count). The van der Waals surface area contributed by atoms with Gasteiger partial charge >= 0.3 is 5.97 Å². The first-order chi connectivity index (χ1) is 8.04. The monoisotopic (exact) mass is 255 g/mol. The van der Waals surface area contributed by atoms with Crippen LogP contribution in [0.5, 0.6) is 0 Å². The van der Waals surface area contributed by atoms with Gasteiger partial charge in [0.15, 0.2) is 0 Å². The number of carboxylic acids is 1. The summed E-state index contributed by atoms with van der Waals surface area (Å²) in [6.07, 6.45) is 2.50. The minimum absolute atomic E-state index is 0.549. The average molecular weight is 256 g/mol. The molecular formula is C13H18ClNO2. The van der Waals surface area contributed by atoms with Gasteiger partial charge in [-0.15, -0.1) is 0 Å². The molecule has 0 fully saturated rings. The molecule has 4 heteroatoms. The van der Waals surface area contributed by atoms with Crippen LogP contribution >= 0.6 is 11.6 Å². The van der Waals surface area contributed by atoms with Crippen LogP contribution in [0.2, 0.25) is 5.02 Å². The molecule has 0 aliphatic heterocycles. The van der Waals surface area contributed by atoms with Crippen LogP contribution in [0.1, 0.15) is 31.7 Å². The van der Waals surface area contributed by atoms with Gasteiger partial charge in [-0.05, 0) is 31.0 Å². The van der Waals surface area contributed by atoms with Crippen molar-refractivity contribution in [3.8, 4) is 0 Å². The van der Waals surface area contributed by atoms with Crippen molar-refractivity contribution in [2.24, 2.45) is 0 Å². The molecule has 94 valence electrons. The van der Waals surface area contributed by atoms with Crippen molar-refractivity contribution in [1.29, 1.82) is 0 Å². The Hall–Kier alpha value is -1.22. The quantitative estimate of drug-likeness (QED) is 0.815. The van der Waals surface area contributed by atoms with Gasteiger partial charge in [0.1, 0.15) is 6.04 Å². The summed E-state index contributed by atoms with van der Waals surface area (Å²) in [5.74, 6) is -0.821. The first-order valence-corrected chi connectivity index (χ1v) is 6.18. The summed E-state index contributed by atoms with van der Waals surface area (Å²) in [4.78, 5) is 11.1. The molecule has 0 spiro atoms. The van der Waals surface area contributed by atoms with Crippen LogP contribution in [0.4, 0.5) is 5.69 Å². The van der Waals surface area contributed by atoms with Gasteiger partial charge in [0.2, 0.25) is 0 Å². The number of aliphatic carboxylic acids is 1. The molecule has 17 heavy (non-hydrogen) atoms. The standard InChI is InChI=1S/C13H18ClNO2/c1-3-4-5-11(13(16)17)15-12-8-10(14)7-6-9(12)2/h6-8,11,15H,3-5H2,1-2H3,(H,16,17). The van der Waals surface area contributed by atoms with E-state index in [2.05, 4.69) is 5.32 Å². The Balaban J connectivity index is 2.78. The predicted molar refractivity (Wildman–Crippen MR) is 70.8 cm³/mol. The summed E-state index contributed by atoms with van der Waals surface area (Å²) in [5, 5.41) is 12.8.